The lowest BCUT2D eigenvalue weighted by Crippen LogP contribution is -2.37. The van der Waals surface area contributed by atoms with Crippen LogP contribution in [0.3, 0.4) is 0 Å². The molecule has 1 atom stereocenters. The molecule has 0 saturated carbocycles. The first-order chi connectivity index (χ1) is 9.56. The Kier molecular flexibility index (Phi) is 4.98. The van der Waals surface area contributed by atoms with E-state index in [9.17, 15) is 9.59 Å². The van der Waals surface area contributed by atoms with E-state index in [1.807, 2.05) is 24.3 Å². The van der Waals surface area contributed by atoms with E-state index in [2.05, 4.69) is 10.2 Å². The number of hydrogen-bond acceptors (Lipinski definition) is 3. The first-order valence-corrected chi connectivity index (χ1v) is 7.03. The van der Waals surface area contributed by atoms with Crippen molar-refractivity contribution in [2.45, 2.75) is 25.3 Å². The Bertz CT molecular complexity index is 490. The molecule has 0 spiro atoms. The van der Waals surface area contributed by atoms with Crippen LogP contribution < -0.4 is 11.1 Å². The lowest BCUT2D eigenvalue weighted by atomic mass is 10.0. The molecule has 5 nitrogen and oxygen atoms in total. The van der Waals surface area contributed by atoms with Crippen LogP contribution in [0, 0.1) is 0 Å². The lowest BCUT2D eigenvalue weighted by molar-refractivity contribution is -0.120. The van der Waals surface area contributed by atoms with Crippen molar-refractivity contribution in [2.75, 3.05) is 13.1 Å². The van der Waals surface area contributed by atoms with Crippen molar-refractivity contribution in [3.63, 3.8) is 0 Å². The lowest BCUT2D eigenvalue weighted by Gasteiger charge is -2.24. The molecule has 1 fully saturated rings. The number of carbonyl (C=O) groups excluding carboxylic acids is 2. The SMILES string of the molecule is NC(=O)NC(=O)CCN1CCC[C@H]1c1ccc(Cl)cc1. The summed E-state index contributed by atoms with van der Waals surface area (Å²) in [7, 11) is 0. The standard InChI is InChI=1S/C14H18ClN3O2/c15-11-5-3-10(4-6-11)12-2-1-8-18(12)9-7-13(19)17-14(16)20/h3-6,12H,1-2,7-9H2,(H3,16,17,19,20)/t12-/m0/s1. The molecule has 0 radical (unpaired) electrons. The van der Waals surface area contributed by atoms with Gasteiger partial charge in [0.25, 0.3) is 0 Å². The van der Waals surface area contributed by atoms with Gasteiger partial charge in [-0.1, -0.05) is 23.7 Å². The topological polar surface area (TPSA) is 75.4 Å². The van der Waals surface area contributed by atoms with Crippen LogP contribution in [-0.4, -0.2) is 29.9 Å². The van der Waals surface area contributed by atoms with E-state index >= 15 is 0 Å². The number of nitrogens with two attached hydrogens (primary N) is 1. The van der Waals surface area contributed by atoms with Gasteiger partial charge in [0.2, 0.25) is 5.91 Å². The molecule has 1 heterocycles. The fraction of sp³-hybridized carbons (Fsp3) is 0.429. The number of urea groups is 1. The van der Waals surface area contributed by atoms with Crippen molar-refractivity contribution >= 4 is 23.5 Å². The van der Waals surface area contributed by atoms with Gasteiger partial charge >= 0.3 is 6.03 Å². The largest absolute Gasteiger partial charge is 0.351 e. The summed E-state index contributed by atoms with van der Waals surface area (Å²) >= 11 is 5.90. The number of nitrogens with zero attached hydrogens (tertiary/aromatic N) is 1. The van der Waals surface area contributed by atoms with Crippen LogP contribution in [-0.2, 0) is 4.79 Å². The van der Waals surface area contributed by atoms with Crippen molar-refractivity contribution < 1.29 is 9.59 Å². The molecule has 20 heavy (non-hydrogen) atoms. The van der Waals surface area contributed by atoms with Gasteiger partial charge in [0.15, 0.2) is 0 Å². The monoisotopic (exact) mass is 295 g/mol. The highest BCUT2D eigenvalue weighted by Crippen LogP contribution is 2.32. The number of imide groups is 1. The first-order valence-electron chi connectivity index (χ1n) is 6.65. The van der Waals surface area contributed by atoms with Crippen LogP contribution >= 0.6 is 11.6 Å². The summed E-state index contributed by atoms with van der Waals surface area (Å²) in [5, 5.41) is 2.81. The van der Waals surface area contributed by atoms with Gasteiger partial charge < -0.3 is 5.73 Å². The minimum atomic E-state index is -0.800. The van der Waals surface area contributed by atoms with Crippen molar-refractivity contribution in [1.29, 1.82) is 0 Å². The van der Waals surface area contributed by atoms with Crippen LogP contribution in [0.25, 0.3) is 0 Å². The summed E-state index contributed by atoms with van der Waals surface area (Å²) in [5.41, 5.74) is 6.12. The quantitative estimate of drug-likeness (QED) is 0.893. The van der Waals surface area contributed by atoms with Crippen molar-refractivity contribution in [3.8, 4) is 0 Å². The molecule has 2 rings (SSSR count). The van der Waals surface area contributed by atoms with Gasteiger partial charge in [-0.3, -0.25) is 15.0 Å². The molecule has 0 unspecified atom stereocenters. The number of likely N-dealkylation sites (tertiary alicyclic amines) is 1. The van der Waals surface area contributed by atoms with Gasteiger partial charge in [-0.15, -0.1) is 0 Å². The molecular weight excluding hydrogens is 278 g/mol. The zero-order chi connectivity index (χ0) is 14.5. The Morgan fingerprint density at radius 1 is 1.35 bits per heavy atom. The molecule has 1 aromatic rings. The Hall–Kier alpha value is -1.59. The number of primary amides is 1. The molecular formula is C14H18ClN3O2. The predicted molar refractivity (Wildman–Crippen MR) is 77.3 cm³/mol. The van der Waals surface area contributed by atoms with Crippen LogP contribution in [0.15, 0.2) is 24.3 Å². The Balaban J connectivity index is 1.92. The predicted octanol–water partition coefficient (Wildman–Crippen LogP) is 2.06. The smallest absolute Gasteiger partial charge is 0.318 e. The van der Waals surface area contributed by atoms with Crippen molar-refractivity contribution in [3.05, 3.63) is 34.9 Å². The van der Waals surface area contributed by atoms with Gasteiger partial charge in [0.05, 0.1) is 0 Å². The third-order valence-electron chi connectivity index (χ3n) is 3.51. The maximum atomic E-state index is 11.4. The maximum Gasteiger partial charge on any atom is 0.318 e. The fourth-order valence-electron chi connectivity index (χ4n) is 2.60. The highest BCUT2D eigenvalue weighted by atomic mass is 35.5. The van der Waals surface area contributed by atoms with Crippen LogP contribution in [0.2, 0.25) is 5.02 Å². The van der Waals surface area contributed by atoms with Gasteiger partial charge in [0.1, 0.15) is 0 Å². The molecule has 0 bridgehead atoms. The van der Waals surface area contributed by atoms with E-state index < -0.39 is 6.03 Å². The van der Waals surface area contributed by atoms with Gasteiger partial charge in [-0.05, 0) is 37.1 Å². The molecule has 1 saturated heterocycles. The fourth-order valence-corrected chi connectivity index (χ4v) is 2.73. The Labute approximate surface area is 123 Å². The Morgan fingerprint density at radius 2 is 2.05 bits per heavy atom. The van der Waals surface area contributed by atoms with Gasteiger partial charge in [0, 0.05) is 24.0 Å². The molecule has 0 aliphatic carbocycles. The minimum Gasteiger partial charge on any atom is -0.351 e. The summed E-state index contributed by atoms with van der Waals surface area (Å²) in [5.74, 6) is -0.334. The van der Waals surface area contributed by atoms with Crippen LogP contribution in [0.5, 0.6) is 0 Å². The molecule has 3 amide bonds. The van der Waals surface area contributed by atoms with Crippen LogP contribution in [0.4, 0.5) is 4.79 Å². The first kappa shape index (κ1) is 14.8. The van der Waals surface area contributed by atoms with E-state index in [-0.39, 0.29) is 12.3 Å². The van der Waals surface area contributed by atoms with Crippen molar-refractivity contribution in [1.82, 2.24) is 10.2 Å². The minimum absolute atomic E-state index is 0.271. The zero-order valence-corrected chi connectivity index (χ0v) is 11.9. The third kappa shape index (κ3) is 3.95. The number of carbonyl (C=O) groups is 2. The van der Waals surface area contributed by atoms with Gasteiger partial charge in [-0.2, -0.15) is 0 Å². The van der Waals surface area contributed by atoms with Crippen LogP contribution in [0.1, 0.15) is 30.9 Å². The second kappa shape index (κ2) is 6.72. The molecule has 1 aliphatic rings. The average molecular weight is 296 g/mol. The third-order valence-corrected chi connectivity index (χ3v) is 3.76. The highest BCUT2D eigenvalue weighted by Gasteiger charge is 2.26. The van der Waals surface area contributed by atoms with E-state index in [1.165, 1.54) is 5.56 Å². The van der Waals surface area contributed by atoms with E-state index in [1.54, 1.807) is 0 Å². The van der Waals surface area contributed by atoms with E-state index in [0.29, 0.717) is 12.6 Å². The number of halogens is 1. The summed E-state index contributed by atoms with van der Waals surface area (Å²) in [4.78, 5) is 24.3. The summed E-state index contributed by atoms with van der Waals surface area (Å²) in [6.07, 6.45) is 2.44. The average Bonchev–Trinajstić information content (AvgIpc) is 2.85. The summed E-state index contributed by atoms with van der Waals surface area (Å²) in [6.45, 7) is 1.57. The Morgan fingerprint density at radius 3 is 2.70 bits per heavy atom. The number of hydrogen-bond donors (Lipinski definition) is 2. The normalized spacial score (nSPS) is 18.9. The molecule has 0 aromatic heterocycles. The number of amides is 3. The molecule has 3 N–H and O–H groups in total. The van der Waals surface area contributed by atoms with Gasteiger partial charge in [-0.25, -0.2) is 4.79 Å². The molecule has 108 valence electrons. The van der Waals surface area contributed by atoms with E-state index in [4.69, 9.17) is 17.3 Å². The molecule has 1 aromatic carbocycles. The number of nitrogens with one attached hydrogen (secondary N) is 1. The second-order valence-corrected chi connectivity index (χ2v) is 5.34. The zero-order valence-electron chi connectivity index (χ0n) is 11.1. The number of rotatable bonds is 4. The number of benzene rings is 1. The molecule has 6 heteroatoms. The summed E-state index contributed by atoms with van der Waals surface area (Å²) in [6, 6.07) is 7.32. The summed E-state index contributed by atoms with van der Waals surface area (Å²) < 4.78 is 0. The molecule has 1 aliphatic heterocycles. The second-order valence-electron chi connectivity index (χ2n) is 4.91. The maximum absolute atomic E-state index is 11.4. The van der Waals surface area contributed by atoms with Crippen molar-refractivity contribution in [2.24, 2.45) is 5.73 Å². The highest BCUT2D eigenvalue weighted by molar-refractivity contribution is 6.30. The van der Waals surface area contributed by atoms with E-state index in [0.717, 1.165) is 24.4 Å².